The van der Waals surface area contributed by atoms with Crippen molar-refractivity contribution in [3.8, 4) is 0 Å². The second-order valence-corrected chi connectivity index (χ2v) is 9.71. The summed E-state index contributed by atoms with van der Waals surface area (Å²) < 4.78 is 27.6. The van der Waals surface area contributed by atoms with E-state index in [1.807, 2.05) is 37.3 Å². The van der Waals surface area contributed by atoms with Gasteiger partial charge in [0.1, 0.15) is 0 Å². The van der Waals surface area contributed by atoms with Crippen LogP contribution in [0, 0.1) is 18.8 Å². The van der Waals surface area contributed by atoms with Crippen LogP contribution in [-0.2, 0) is 21.2 Å². The van der Waals surface area contributed by atoms with Crippen LogP contribution >= 0.6 is 0 Å². The first kappa shape index (κ1) is 16.9. The van der Waals surface area contributed by atoms with Crippen LogP contribution in [-0.4, -0.2) is 31.6 Å². The minimum atomic E-state index is -3.56. The van der Waals surface area contributed by atoms with Crippen LogP contribution in [0.3, 0.4) is 0 Å². The smallest absolute Gasteiger partial charge is 0.243 e. The van der Waals surface area contributed by atoms with E-state index in [0.717, 1.165) is 23.1 Å². The van der Waals surface area contributed by atoms with Crippen molar-refractivity contribution in [1.82, 2.24) is 4.31 Å². The SMILES string of the molecule is Cc1ccc(S(=O)(=O)N2CCC3C4=C(C(=O)C3C2)c2ccccc2C4)cc1. The van der Waals surface area contributed by atoms with E-state index in [4.69, 9.17) is 0 Å². The van der Waals surface area contributed by atoms with Crippen molar-refractivity contribution in [2.75, 3.05) is 13.1 Å². The molecule has 1 heterocycles. The maximum Gasteiger partial charge on any atom is 0.243 e. The number of fused-ring (bicyclic) bond motifs is 4. The van der Waals surface area contributed by atoms with Crippen molar-refractivity contribution in [1.29, 1.82) is 0 Å². The van der Waals surface area contributed by atoms with Crippen molar-refractivity contribution >= 4 is 21.4 Å². The number of allylic oxidation sites excluding steroid dienone is 2. The molecule has 4 nitrogen and oxygen atoms in total. The lowest BCUT2D eigenvalue weighted by Gasteiger charge is -2.35. The highest BCUT2D eigenvalue weighted by atomic mass is 32.2. The molecule has 138 valence electrons. The summed E-state index contributed by atoms with van der Waals surface area (Å²) in [4.78, 5) is 13.5. The fourth-order valence-electron chi connectivity index (χ4n) is 4.86. The molecule has 2 atom stereocenters. The normalized spacial score (nSPS) is 24.7. The molecule has 2 unspecified atom stereocenters. The summed E-state index contributed by atoms with van der Waals surface area (Å²) in [6.45, 7) is 2.69. The van der Waals surface area contributed by atoms with Crippen LogP contribution < -0.4 is 0 Å². The Morgan fingerprint density at radius 2 is 1.74 bits per heavy atom. The number of Topliss-reactive ketones (excluding diaryl/α,β-unsaturated/α-hetero) is 1. The highest BCUT2D eigenvalue weighted by Crippen LogP contribution is 2.50. The molecule has 1 fully saturated rings. The Balaban J connectivity index is 1.44. The molecule has 27 heavy (non-hydrogen) atoms. The van der Waals surface area contributed by atoms with E-state index in [9.17, 15) is 13.2 Å². The Morgan fingerprint density at radius 1 is 1.00 bits per heavy atom. The Hall–Kier alpha value is -2.24. The summed E-state index contributed by atoms with van der Waals surface area (Å²) in [6, 6.07) is 15.0. The number of carbonyl (C=O) groups is 1. The summed E-state index contributed by atoms with van der Waals surface area (Å²) in [5.74, 6) is 0.0745. The maximum absolute atomic E-state index is 13.2. The molecule has 0 radical (unpaired) electrons. The molecular weight excluding hydrogens is 358 g/mol. The molecule has 5 rings (SSSR count). The van der Waals surface area contributed by atoms with Crippen LogP contribution in [0.25, 0.3) is 5.57 Å². The maximum atomic E-state index is 13.2. The Bertz CT molecular complexity index is 1080. The van der Waals surface area contributed by atoms with E-state index in [0.29, 0.717) is 17.9 Å². The number of hydrogen-bond donors (Lipinski definition) is 0. The Labute approximate surface area is 159 Å². The van der Waals surface area contributed by atoms with E-state index in [1.54, 1.807) is 12.1 Å². The van der Waals surface area contributed by atoms with Crippen molar-refractivity contribution in [2.24, 2.45) is 11.8 Å². The van der Waals surface area contributed by atoms with Gasteiger partial charge in [-0.1, -0.05) is 47.5 Å². The lowest BCUT2D eigenvalue weighted by atomic mass is 9.83. The fraction of sp³-hybridized carbons (Fsp3) is 0.318. The van der Waals surface area contributed by atoms with Crippen molar-refractivity contribution in [3.63, 3.8) is 0 Å². The zero-order valence-corrected chi connectivity index (χ0v) is 16.0. The van der Waals surface area contributed by atoms with Gasteiger partial charge in [0.25, 0.3) is 0 Å². The number of piperidine rings is 1. The average Bonchev–Trinajstić information content (AvgIpc) is 3.18. The predicted octanol–water partition coefficient (Wildman–Crippen LogP) is 3.21. The third-order valence-corrected chi connectivity index (χ3v) is 8.13. The van der Waals surface area contributed by atoms with Crippen LogP contribution in [0.5, 0.6) is 0 Å². The molecule has 0 aromatic heterocycles. The van der Waals surface area contributed by atoms with Gasteiger partial charge in [0.15, 0.2) is 5.78 Å². The summed E-state index contributed by atoms with van der Waals surface area (Å²) in [7, 11) is -3.56. The molecular formula is C22H21NO3S. The summed E-state index contributed by atoms with van der Waals surface area (Å²) >= 11 is 0. The fourth-order valence-corrected chi connectivity index (χ4v) is 6.34. The lowest BCUT2D eigenvalue weighted by Crippen LogP contribution is -2.45. The van der Waals surface area contributed by atoms with E-state index in [1.165, 1.54) is 15.4 Å². The molecule has 5 heteroatoms. The largest absolute Gasteiger partial charge is 0.294 e. The summed E-state index contributed by atoms with van der Waals surface area (Å²) in [5.41, 5.74) is 5.41. The van der Waals surface area contributed by atoms with Gasteiger partial charge in [-0.05, 0) is 48.9 Å². The number of rotatable bonds is 2. The van der Waals surface area contributed by atoms with Crippen molar-refractivity contribution in [3.05, 3.63) is 70.8 Å². The molecule has 2 aromatic carbocycles. The van der Waals surface area contributed by atoms with Crippen LogP contribution in [0.4, 0.5) is 0 Å². The summed E-state index contributed by atoms with van der Waals surface area (Å²) in [5, 5.41) is 0. The van der Waals surface area contributed by atoms with E-state index >= 15 is 0 Å². The molecule has 0 spiro atoms. The van der Waals surface area contributed by atoms with Gasteiger partial charge in [-0.3, -0.25) is 4.79 Å². The lowest BCUT2D eigenvalue weighted by molar-refractivity contribution is -0.118. The molecule has 0 saturated carbocycles. The Morgan fingerprint density at radius 3 is 2.52 bits per heavy atom. The highest BCUT2D eigenvalue weighted by molar-refractivity contribution is 7.89. The number of aryl methyl sites for hydroxylation is 1. The first-order chi connectivity index (χ1) is 13.0. The molecule has 1 aliphatic heterocycles. The van der Waals surface area contributed by atoms with E-state index in [-0.39, 0.29) is 24.2 Å². The van der Waals surface area contributed by atoms with Crippen LogP contribution in [0.1, 0.15) is 23.1 Å². The van der Waals surface area contributed by atoms with Crippen molar-refractivity contribution in [2.45, 2.75) is 24.7 Å². The third kappa shape index (κ3) is 2.45. The minimum absolute atomic E-state index is 0.128. The second kappa shape index (κ2) is 5.88. The van der Waals surface area contributed by atoms with Gasteiger partial charge in [-0.2, -0.15) is 4.31 Å². The Kier molecular flexibility index (Phi) is 3.68. The van der Waals surface area contributed by atoms with E-state index in [2.05, 4.69) is 6.07 Å². The van der Waals surface area contributed by atoms with Gasteiger partial charge in [0.2, 0.25) is 10.0 Å². The van der Waals surface area contributed by atoms with Gasteiger partial charge in [0.05, 0.1) is 4.90 Å². The monoisotopic (exact) mass is 379 g/mol. The van der Waals surface area contributed by atoms with Gasteiger partial charge >= 0.3 is 0 Å². The molecule has 2 aromatic rings. The van der Waals surface area contributed by atoms with E-state index < -0.39 is 10.0 Å². The minimum Gasteiger partial charge on any atom is -0.294 e. The number of nitrogens with zero attached hydrogens (tertiary/aromatic N) is 1. The molecule has 0 amide bonds. The number of ketones is 1. The number of hydrogen-bond acceptors (Lipinski definition) is 3. The predicted molar refractivity (Wildman–Crippen MR) is 104 cm³/mol. The topological polar surface area (TPSA) is 54.5 Å². The molecule has 0 bridgehead atoms. The van der Waals surface area contributed by atoms with Crippen LogP contribution in [0.15, 0.2) is 59.0 Å². The number of benzene rings is 2. The number of carbonyl (C=O) groups excluding carboxylic acids is 1. The van der Waals surface area contributed by atoms with Gasteiger partial charge < -0.3 is 0 Å². The molecule has 0 N–H and O–H groups in total. The average molecular weight is 379 g/mol. The molecule has 2 aliphatic carbocycles. The first-order valence-corrected chi connectivity index (χ1v) is 10.8. The standard InChI is InChI=1S/C22H21NO3S/c1-14-6-8-16(9-7-14)27(25,26)23-11-10-18-19-12-15-4-2-3-5-17(15)21(19)22(24)20(18)13-23/h2-9,18,20H,10-13H2,1H3. The summed E-state index contributed by atoms with van der Waals surface area (Å²) in [6.07, 6.45) is 1.55. The third-order valence-electron chi connectivity index (χ3n) is 6.25. The van der Waals surface area contributed by atoms with Gasteiger partial charge in [-0.15, -0.1) is 0 Å². The number of sulfonamides is 1. The van der Waals surface area contributed by atoms with Gasteiger partial charge in [-0.25, -0.2) is 8.42 Å². The molecule has 3 aliphatic rings. The zero-order valence-electron chi connectivity index (χ0n) is 15.2. The molecule has 1 saturated heterocycles. The van der Waals surface area contributed by atoms with Crippen LogP contribution in [0.2, 0.25) is 0 Å². The highest BCUT2D eigenvalue weighted by Gasteiger charge is 2.49. The van der Waals surface area contributed by atoms with Crippen molar-refractivity contribution < 1.29 is 13.2 Å². The first-order valence-electron chi connectivity index (χ1n) is 9.39. The quantitative estimate of drug-likeness (QED) is 0.805. The second-order valence-electron chi connectivity index (χ2n) is 7.78. The zero-order chi connectivity index (χ0) is 18.8. The van der Waals surface area contributed by atoms with Gasteiger partial charge in [0, 0.05) is 24.6 Å².